The predicted octanol–water partition coefficient (Wildman–Crippen LogP) is 5.73. The molecule has 0 unspecified atom stereocenters. The average molecular weight is 332 g/mol. The fourth-order valence-corrected chi connectivity index (χ4v) is 6.30. The van der Waals surface area contributed by atoms with Crippen molar-refractivity contribution in [1.29, 1.82) is 0 Å². The van der Waals surface area contributed by atoms with Crippen LogP contribution in [-0.4, -0.2) is 9.97 Å². The Morgan fingerprint density at radius 1 is 0.880 bits per heavy atom. The molecule has 1 heterocycles. The molecule has 0 radical (unpaired) electrons. The lowest BCUT2D eigenvalue weighted by molar-refractivity contribution is -0.00518. The van der Waals surface area contributed by atoms with Gasteiger partial charge < -0.3 is 0 Å². The van der Waals surface area contributed by atoms with E-state index >= 15 is 0 Å². The molecule has 4 saturated carbocycles. The minimum absolute atomic E-state index is 0.438. The zero-order valence-corrected chi connectivity index (χ0v) is 15.4. The van der Waals surface area contributed by atoms with Crippen LogP contribution in [0.4, 0.5) is 0 Å². The Labute approximate surface area is 151 Å². The normalized spacial score (nSPS) is 33.2. The molecule has 6 rings (SSSR count). The quantitative estimate of drug-likeness (QED) is 0.717. The van der Waals surface area contributed by atoms with E-state index in [9.17, 15) is 0 Å². The lowest BCUT2D eigenvalue weighted by Crippen LogP contribution is -2.48. The van der Waals surface area contributed by atoms with Gasteiger partial charge in [-0.1, -0.05) is 38.1 Å². The summed E-state index contributed by atoms with van der Waals surface area (Å²) in [6, 6.07) is 11.5. The number of benzene rings is 1. The highest BCUT2D eigenvalue weighted by molar-refractivity contribution is 5.60. The van der Waals surface area contributed by atoms with Crippen LogP contribution in [0.1, 0.15) is 69.5 Å². The zero-order chi connectivity index (χ0) is 17.0. The van der Waals surface area contributed by atoms with Crippen LogP contribution in [0.3, 0.4) is 0 Å². The molecule has 0 atom stereocenters. The van der Waals surface area contributed by atoms with Gasteiger partial charge in [0.25, 0.3) is 0 Å². The van der Waals surface area contributed by atoms with Gasteiger partial charge in [-0.25, -0.2) is 9.97 Å². The number of hydrogen-bond acceptors (Lipinski definition) is 2. The maximum absolute atomic E-state index is 4.50. The molecule has 0 aliphatic heterocycles. The number of nitrogens with zero attached hydrogens (tertiary/aromatic N) is 2. The highest BCUT2D eigenvalue weighted by Gasteiger charge is 2.51. The molecule has 0 saturated heterocycles. The first kappa shape index (κ1) is 15.5. The fraction of sp³-hybridized carbons (Fsp3) is 0.565. The SMILES string of the molecule is CC(C)c1cc(-c2ccc(C34CC5CC(CC(C5)C3)C4)cc2)ncn1. The van der Waals surface area contributed by atoms with Crippen LogP contribution in [0.25, 0.3) is 11.3 Å². The van der Waals surface area contributed by atoms with Crippen molar-refractivity contribution >= 4 is 0 Å². The Balaban J connectivity index is 1.45. The standard InChI is InChI=1S/C23H28N2/c1-15(2)21-10-22(25-14-24-21)19-3-5-20(6-4-19)23-11-16-7-17(12-23)9-18(8-16)13-23/h3-6,10,14-18H,7-9,11-13H2,1-2H3. The average Bonchev–Trinajstić information content (AvgIpc) is 2.61. The van der Waals surface area contributed by atoms with Crippen molar-refractivity contribution in [3.8, 4) is 11.3 Å². The molecular weight excluding hydrogens is 304 g/mol. The summed E-state index contributed by atoms with van der Waals surface area (Å²) in [5.41, 5.74) is 5.47. The van der Waals surface area contributed by atoms with E-state index in [1.807, 2.05) is 0 Å². The molecule has 0 N–H and O–H groups in total. The van der Waals surface area contributed by atoms with E-state index in [0.29, 0.717) is 11.3 Å². The second kappa shape index (κ2) is 5.65. The Morgan fingerprint density at radius 2 is 1.48 bits per heavy atom. The van der Waals surface area contributed by atoms with E-state index in [-0.39, 0.29) is 0 Å². The van der Waals surface area contributed by atoms with Crippen LogP contribution >= 0.6 is 0 Å². The summed E-state index contributed by atoms with van der Waals surface area (Å²) in [5.74, 6) is 3.44. The van der Waals surface area contributed by atoms with E-state index in [4.69, 9.17) is 0 Å². The van der Waals surface area contributed by atoms with Gasteiger partial charge in [-0.15, -0.1) is 0 Å². The molecule has 1 aromatic heterocycles. The highest BCUT2D eigenvalue weighted by atomic mass is 14.8. The second-order valence-electron chi connectivity index (χ2n) is 9.26. The van der Waals surface area contributed by atoms with E-state index in [1.165, 1.54) is 44.1 Å². The van der Waals surface area contributed by atoms with Crippen LogP contribution in [0.2, 0.25) is 0 Å². The molecule has 1 aromatic carbocycles. The van der Waals surface area contributed by atoms with Gasteiger partial charge in [-0.2, -0.15) is 0 Å². The van der Waals surface area contributed by atoms with Crippen LogP contribution in [-0.2, 0) is 5.41 Å². The molecule has 0 spiro atoms. The lowest BCUT2D eigenvalue weighted by atomic mass is 9.48. The van der Waals surface area contributed by atoms with Gasteiger partial charge in [-0.05, 0) is 79.2 Å². The lowest BCUT2D eigenvalue weighted by Gasteiger charge is -2.57. The predicted molar refractivity (Wildman–Crippen MR) is 101 cm³/mol. The maximum atomic E-state index is 4.50. The summed E-state index contributed by atoms with van der Waals surface area (Å²) in [6.07, 6.45) is 10.5. The monoisotopic (exact) mass is 332 g/mol. The first-order chi connectivity index (χ1) is 12.1. The van der Waals surface area contributed by atoms with Gasteiger partial charge in [0.15, 0.2) is 0 Å². The third-order valence-electron chi connectivity index (χ3n) is 7.11. The van der Waals surface area contributed by atoms with Gasteiger partial charge in [0, 0.05) is 11.3 Å². The molecule has 4 bridgehead atoms. The number of aromatic nitrogens is 2. The fourth-order valence-electron chi connectivity index (χ4n) is 6.30. The summed E-state index contributed by atoms with van der Waals surface area (Å²) in [6.45, 7) is 4.37. The Bertz CT molecular complexity index is 740. The van der Waals surface area contributed by atoms with Gasteiger partial charge in [-0.3, -0.25) is 0 Å². The minimum atomic E-state index is 0.438. The van der Waals surface area contributed by atoms with Gasteiger partial charge in [0.05, 0.1) is 5.69 Å². The smallest absolute Gasteiger partial charge is 0.116 e. The van der Waals surface area contributed by atoms with Crippen LogP contribution in [0, 0.1) is 17.8 Å². The summed E-state index contributed by atoms with van der Waals surface area (Å²) in [7, 11) is 0. The number of hydrogen-bond donors (Lipinski definition) is 0. The van der Waals surface area contributed by atoms with Crippen LogP contribution < -0.4 is 0 Å². The molecule has 0 amide bonds. The van der Waals surface area contributed by atoms with Crippen molar-refractivity contribution in [3.05, 3.63) is 47.9 Å². The third kappa shape index (κ3) is 2.61. The van der Waals surface area contributed by atoms with Crippen molar-refractivity contribution < 1.29 is 0 Å². The summed E-state index contributed by atoms with van der Waals surface area (Å²) >= 11 is 0. The Kier molecular flexibility index (Phi) is 3.52. The van der Waals surface area contributed by atoms with Gasteiger partial charge in [0.1, 0.15) is 6.33 Å². The van der Waals surface area contributed by atoms with Crippen molar-refractivity contribution in [2.24, 2.45) is 17.8 Å². The molecule has 4 fully saturated rings. The Hall–Kier alpha value is -1.70. The molecule has 2 nitrogen and oxygen atoms in total. The van der Waals surface area contributed by atoms with Gasteiger partial charge >= 0.3 is 0 Å². The van der Waals surface area contributed by atoms with Crippen molar-refractivity contribution in [3.63, 3.8) is 0 Å². The summed E-state index contributed by atoms with van der Waals surface area (Å²) in [5, 5.41) is 0. The molecule has 130 valence electrons. The van der Waals surface area contributed by atoms with E-state index in [0.717, 1.165) is 29.1 Å². The first-order valence-electron chi connectivity index (χ1n) is 10.0. The van der Waals surface area contributed by atoms with Gasteiger partial charge in [0.2, 0.25) is 0 Å². The molecular formula is C23H28N2. The molecule has 2 heteroatoms. The Morgan fingerprint density at radius 3 is 2.04 bits per heavy atom. The largest absolute Gasteiger partial charge is 0.241 e. The van der Waals surface area contributed by atoms with Crippen LogP contribution in [0.5, 0.6) is 0 Å². The van der Waals surface area contributed by atoms with E-state index in [2.05, 4.69) is 54.1 Å². The number of rotatable bonds is 3. The van der Waals surface area contributed by atoms with E-state index in [1.54, 1.807) is 11.9 Å². The molecule has 4 aliphatic carbocycles. The van der Waals surface area contributed by atoms with Crippen molar-refractivity contribution in [2.45, 2.75) is 63.7 Å². The highest BCUT2D eigenvalue weighted by Crippen LogP contribution is 2.60. The molecule has 2 aromatic rings. The minimum Gasteiger partial charge on any atom is -0.241 e. The first-order valence-corrected chi connectivity index (χ1v) is 10.0. The second-order valence-corrected chi connectivity index (χ2v) is 9.26. The van der Waals surface area contributed by atoms with Crippen molar-refractivity contribution in [1.82, 2.24) is 9.97 Å². The summed E-state index contributed by atoms with van der Waals surface area (Å²) < 4.78 is 0. The third-order valence-corrected chi connectivity index (χ3v) is 7.11. The van der Waals surface area contributed by atoms with Crippen molar-refractivity contribution in [2.75, 3.05) is 0 Å². The molecule has 4 aliphatic rings. The topological polar surface area (TPSA) is 25.8 Å². The van der Waals surface area contributed by atoms with Crippen LogP contribution in [0.15, 0.2) is 36.7 Å². The molecule has 25 heavy (non-hydrogen) atoms. The van der Waals surface area contributed by atoms with E-state index < -0.39 is 0 Å². The summed E-state index contributed by atoms with van der Waals surface area (Å²) in [4.78, 5) is 8.90. The maximum Gasteiger partial charge on any atom is 0.116 e. The zero-order valence-electron chi connectivity index (χ0n) is 15.4.